The Hall–Kier alpha value is -2.12. The maximum atomic E-state index is 6.51. The van der Waals surface area contributed by atoms with Gasteiger partial charge < -0.3 is 15.4 Å². The van der Waals surface area contributed by atoms with Crippen LogP contribution in [0.4, 0.5) is 0 Å². The molecular weight excluding hydrogens is 352 g/mol. The molecule has 0 atom stereocenters. The van der Waals surface area contributed by atoms with Gasteiger partial charge in [-0.2, -0.15) is 5.10 Å². The Morgan fingerprint density at radius 2 is 2.08 bits per heavy atom. The van der Waals surface area contributed by atoms with E-state index in [9.17, 15) is 0 Å². The van der Waals surface area contributed by atoms with Gasteiger partial charge in [0.05, 0.1) is 6.54 Å². The quantitative estimate of drug-likeness (QED) is 0.615. The predicted molar refractivity (Wildman–Crippen MR) is 102 cm³/mol. The molecule has 2 aromatic rings. The van der Waals surface area contributed by atoms with Crippen LogP contribution in [-0.2, 0) is 23.7 Å². The summed E-state index contributed by atoms with van der Waals surface area (Å²) in [5.74, 6) is 1.57. The van der Waals surface area contributed by atoms with Crippen molar-refractivity contribution in [1.29, 1.82) is 0 Å². The molecule has 1 aliphatic heterocycles. The molecule has 7 nitrogen and oxygen atoms in total. The summed E-state index contributed by atoms with van der Waals surface area (Å²) in [5.41, 5.74) is 1.10. The second-order valence-electron chi connectivity index (χ2n) is 6.45. The van der Waals surface area contributed by atoms with Crippen LogP contribution in [0, 0.1) is 0 Å². The molecule has 1 fully saturated rings. The second-order valence-corrected chi connectivity index (χ2v) is 6.86. The maximum absolute atomic E-state index is 6.51. The fourth-order valence-electron chi connectivity index (χ4n) is 3.31. The van der Waals surface area contributed by atoms with Crippen LogP contribution in [0.15, 0.2) is 35.6 Å². The molecule has 1 saturated heterocycles. The third-order valence-electron chi connectivity index (χ3n) is 4.93. The van der Waals surface area contributed by atoms with Gasteiger partial charge in [0, 0.05) is 44.3 Å². The molecule has 0 radical (unpaired) electrons. The molecule has 0 amide bonds. The van der Waals surface area contributed by atoms with E-state index in [4.69, 9.17) is 16.3 Å². The highest BCUT2D eigenvalue weighted by atomic mass is 35.5. The van der Waals surface area contributed by atoms with E-state index in [1.54, 1.807) is 18.1 Å². The van der Waals surface area contributed by atoms with Crippen molar-refractivity contribution in [2.45, 2.75) is 24.8 Å². The summed E-state index contributed by atoms with van der Waals surface area (Å²) in [6.07, 6.45) is 3.38. The topological polar surface area (TPSA) is 76.4 Å². The Kier molecular flexibility index (Phi) is 6.11. The molecular formula is C18H25ClN6O. The van der Waals surface area contributed by atoms with Crippen LogP contribution >= 0.6 is 11.6 Å². The SMILES string of the molecule is CN=C(NCc1ncnn1C)NCC1(c2ccccc2Cl)CCOCC1. The predicted octanol–water partition coefficient (Wildman–Crippen LogP) is 1.88. The van der Waals surface area contributed by atoms with Gasteiger partial charge in [0.25, 0.3) is 0 Å². The first-order chi connectivity index (χ1) is 12.6. The standard InChI is InChI=1S/C18H25ClN6O/c1-20-17(21-11-16-23-13-24-25(16)2)22-12-18(7-9-26-10-8-18)14-5-3-4-6-15(14)19/h3-6,13H,7-12H2,1-2H3,(H2,20,21,22). The van der Waals surface area contributed by atoms with Gasteiger partial charge in [-0.3, -0.25) is 9.67 Å². The zero-order valence-electron chi connectivity index (χ0n) is 15.2. The van der Waals surface area contributed by atoms with E-state index in [0.717, 1.165) is 49.4 Å². The number of hydrogen-bond donors (Lipinski definition) is 2. The number of aliphatic imine (C=N–C) groups is 1. The molecule has 1 aliphatic rings. The molecule has 0 unspecified atom stereocenters. The molecule has 0 saturated carbocycles. The van der Waals surface area contributed by atoms with Crippen molar-refractivity contribution in [1.82, 2.24) is 25.4 Å². The third-order valence-corrected chi connectivity index (χ3v) is 5.26. The monoisotopic (exact) mass is 376 g/mol. The molecule has 0 spiro atoms. The molecule has 1 aromatic carbocycles. The van der Waals surface area contributed by atoms with Gasteiger partial charge in [-0.05, 0) is 24.5 Å². The molecule has 3 rings (SSSR count). The first-order valence-corrected chi connectivity index (χ1v) is 9.12. The molecule has 26 heavy (non-hydrogen) atoms. The summed E-state index contributed by atoms with van der Waals surface area (Å²) < 4.78 is 7.33. The highest BCUT2D eigenvalue weighted by Crippen LogP contribution is 2.38. The van der Waals surface area contributed by atoms with E-state index >= 15 is 0 Å². The normalized spacial score (nSPS) is 17.1. The Balaban J connectivity index is 1.69. The van der Waals surface area contributed by atoms with Crippen LogP contribution in [-0.4, -0.2) is 47.5 Å². The Morgan fingerprint density at radius 3 is 2.73 bits per heavy atom. The summed E-state index contributed by atoms with van der Waals surface area (Å²) >= 11 is 6.51. The van der Waals surface area contributed by atoms with Gasteiger partial charge in [0.1, 0.15) is 12.2 Å². The number of halogens is 1. The van der Waals surface area contributed by atoms with Gasteiger partial charge in [0.15, 0.2) is 5.96 Å². The summed E-state index contributed by atoms with van der Waals surface area (Å²) in [6, 6.07) is 8.08. The van der Waals surface area contributed by atoms with Crippen LogP contribution in [0.25, 0.3) is 0 Å². The van der Waals surface area contributed by atoms with Crippen molar-refractivity contribution in [3.05, 3.63) is 47.0 Å². The van der Waals surface area contributed by atoms with Gasteiger partial charge >= 0.3 is 0 Å². The van der Waals surface area contributed by atoms with Crippen molar-refractivity contribution in [2.75, 3.05) is 26.8 Å². The van der Waals surface area contributed by atoms with Gasteiger partial charge in [-0.15, -0.1) is 0 Å². The summed E-state index contributed by atoms with van der Waals surface area (Å²) in [5, 5.41) is 11.6. The largest absolute Gasteiger partial charge is 0.381 e. The smallest absolute Gasteiger partial charge is 0.191 e. The van der Waals surface area contributed by atoms with Crippen molar-refractivity contribution in [2.24, 2.45) is 12.0 Å². The van der Waals surface area contributed by atoms with Gasteiger partial charge in [-0.25, -0.2) is 4.98 Å². The van der Waals surface area contributed by atoms with Crippen molar-refractivity contribution >= 4 is 17.6 Å². The maximum Gasteiger partial charge on any atom is 0.191 e. The molecule has 0 aliphatic carbocycles. The minimum Gasteiger partial charge on any atom is -0.381 e. The number of hydrogen-bond acceptors (Lipinski definition) is 4. The average Bonchev–Trinajstić information content (AvgIpc) is 3.08. The lowest BCUT2D eigenvalue weighted by molar-refractivity contribution is 0.0514. The number of benzene rings is 1. The lowest BCUT2D eigenvalue weighted by Gasteiger charge is -2.38. The van der Waals surface area contributed by atoms with Crippen LogP contribution in [0.1, 0.15) is 24.2 Å². The zero-order valence-corrected chi connectivity index (χ0v) is 16.0. The summed E-state index contributed by atoms with van der Waals surface area (Å²) in [6.45, 7) is 2.76. The van der Waals surface area contributed by atoms with E-state index in [-0.39, 0.29) is 5.41 Å². The number of rotatable bonds is 5. The number of nitrogens with one attached hydrogen (secondary N) is 2. The first kappa shape index (κ1) is 18.7. The zero-order chi connectivity index (χ0) is 18.4. The Morgan fingerprint density at radius 1 is 1.31 bits per heavy atom. The van der Waals surface area contributed by atoms with Crippen molar-refractivity contribution in [3.8, 4) is 0 Å². The summed E-state index contributed by atoms with van der Waals surface area (Å²) in [7, 11) is 3.63. The molecule has 0 bridgehead atoms. The minimum atomic E-state index is -0.0704. The van der Waals surface area contributed by atoms with Crippen LogP contribution in [0.2, 0.25) is 5.02 Å². The molecule has 140 valence electrons. The third kappa shape index (κ3) is 4.16. The van der Waals surface area contributed by atoms with Crippen molar-refractivity contribution < 1.29 is 4.74 Å². The van der Waals surface area contributed by atoms with Crippen molar-refractivity contribution in [3.63, 3.8) is 0 Å². The van der Waals surface area contributed by atoms with E-state index < -0.39 is 0 Å². The molecule has 2 N–H and O–H groups in total. The number of aryl methyl sites for hydroxylation is 1. The highest BCUT2D eigenvalue weighted by molar-refractivity contribution is 6.31. The Labute approximate surface area is 158 Å². The van der Waals surface area contributed by atoms with Gasteiger partial charge in [-0.1, -0.05) is 29.8 Å². The fraction of sp³-hybridized carbons (Fsp3) is 0.500. The van der Waals surface area contributed by atoms with Gasteiger partial charge in [0.2, 0.25) is 0 Å². The second kappa shape index (κ2) is 8.51. The fourth-order valence-corrected chi connectivity index (χ4v) is 3.65. The first-order valence-electron chi connectivity index (χ1n) is 8.75. The molecule has 1 aromatic heterocycles. The molecule has 8 heteroatoms. The number of nitrogens with zero attached hydrogens (tertiary/aromatic N) is 4. The van der Waals surface area contributed by atoms with E-state index in [2.05, 4.69) is 31.8 Å². The van der Waals surface area contributed by atoms with E-state index in [1.807, 2.05) is 25.2 Å². The molecule has 2 heterocycles. The Bertz CT molecular complexity index is 754. The van der Waals surface area contributed by atoms with E-state index in [1.165, 1.54) is 5.56 Å². The average molecular weight is 377 g/mol. The van der Waals surface area contributed by atoms with Crippen LogP contribution in [0.3, 0.4) is 0 Å². The lowest BCUT2D eigenvalue weighted by Crippen LogP contribution is -2.48. The minimum absolute atomic E-state index is 0.0704. The highest BCUT2D eigenvalue weighted by Gasteiger charge is 2.36. The number of aromatic nitrogens is 3. The number of guanidine groups is 1. The van der Waals surface area contributed by atoms with E-state index in [0.29, 0.717) is 6.54 Å². The van der Waals surface area contributed by atoms with Crippen LogP contribution < -0.4 is 10.6 Å². The lowest BCUT2D eigenvalue weighted by atomic mass is 9.74. The number of ether oxygens (including phenoxy) is 1. The summed E-state index contributed by atoms with van der Waals surface area (Å²) in [4.78, 5) is 8.54. The van der Waals surface area contributed by atoms with Crippen LogP contribution in [0.5, 0.6) is 0 Å².